The van der Waals surface area contributed by atoms with E-state index in [2.05, 4.69) is 26.1 Å². The van der Waals surface area contributed by atoms with Crippen LogP contribution in [0.3, 0.4) is 0 Å². The van der Waals surface area contributed by atoms with Gasteiger partial charge in [0, 0.05) is 18.4 Å². The molecule has 4 heteroatoms. The summed E-state index contributed by atoms with van der Waals surface area (Å²) in [7, 11) is 0. The molecule has 0 aromatic carbocycles. The summed E-state index contributed by atoms with van der Waals surface area (Å²) in [6, 6.07) is 0. The molecule has 0 spiro atoms. The lowest BCUT2D eigenvalue weighted by Crippen LogP contribution is -2.39. The Morgan fingerprint density at radius 2 is 1.84 bits per heavy atom. The van der Waals surface area contributed by atoms with Crippen molar-refractivity contribution in [2.24, 2.45) is 28.9 Å². The number of amides is 1. The van der Waals surface area contributed by atoms with Crippen molar-refractivity contribution in [3.05, 3.63) is 0 Å². The number of nitrogens with one attached hydrogen (secondary N) is 1. The van der Waals surface area contributed by atoms with Crippen LogP contribution in [0.25, 0.3) is 0 Å². The molecule has 0 aliphatic heterocycles. The van der Waals surface area contributed by atoms with Crippen molar-refractivity contribution < 1.29 is 4.79 Å². The first-order valence-electron chi connectivity index (χ1n) is 7.29. The van der Waals surface area contributed by atoms with Crippen LogP contribution in [-0.2, 0) is 4.79 Å². The molecule has 0 heterocycles. The van der Waals surface area contributed by atoms with Crippen molar-refractivity contribution >= 4 is 23.1 Å². The van der Waals surface area contributed by atoms with E-state index in [1.165, 1.54) is 0 Å². The van der Waals surface area contributed by atoms with Gasteiger partial charge in [-0.2, -0.15) is 0 Å². The predicted octanol–water partition coefficient (Wildman–Crippen LogP) is 2.88. The third kappa shape index (κ3) is 5.09. The van der Waals surface area contributed by atoms with Crippen molar-refractivity contribution in [3.63, 3.8) is 0 Å². The van der Waals surface area contributed by atoms with Crippen molar-refractivity contribution in [2.45, 2.75) is 53.4 Å². The smallest absolute Gasteiger partial charge is 0.223 e. The molecule has 1 aliphatic carbocycles. The summed E-state index contributed by atoms with van der Waals surface area (Å²) in [6.45, 7) is 9.39. The number of carbonyl (C=O) groups excluding carboxylic acids is 1. The lowest BCUT2D eigenvalue weighted by molar-refractivity contribution is -0.126. The average Bonchev–Trinajstić information content (AvgIpc) is 2.34. The Hall–Kier alpha value is -0.640. The Morgan fingerprint density at radius 1 is 1.32 bits per heavy atom. The molecule has 0 bridgehead atoms. The van der Waals surface area contributed by atoms with Crippen molar-refractivity contribution in [1.29, 1.82) is 0 Å². The largest absolute Gasteiger partial charge is 0.393 e. The molecule has 1 aliphatic rings. The van der Waals surface area contributed by atoms with Gasteiger partial charge >= 0.3 is 0 Å². The fraction of sp³-hybridized carbons (Fsp3) is 0.867. The van der Waals surface area contributed by atoms with E-state index < -0.39 is 0 Å². The highest BCUT2D eigenvalue weighted by Gasteiger charge is 2.32. The SMILES string of the molecule is CC(CNC(=O)C1CCC(C(C)(C)C)CC1)C(N)=S. The van der Waals surface area contributed by atoms with E-state index in [4.69, 9.17) is 18.0 Å². The summed E-state index contributed by atoms with van der Waals surface area (Å²) in [5.41, 5.74) is 5.91. The van der Waals surface area contributed by atoms with E-state index in [1.54, 1.807) is 0 Å². The quantitative estimate of drug-likeness (QED) is 0.781. The maximum atomic E-state index is 12.1. The fourth-order valence-corrected chi connectivity index (χ4v) is 2.80. The zero-order chi connectivity index (χ0) is 14.6. The van der Waals surface area contributed by atoms with Gasteiger partial charge in [-0.1, -0.05) is 39.9 Å². The first-order chi connectivity index (χ1) is 8.71. The molecule has 110 valence electrons. The van der Waals surface area contributed by atoms with Crippen LogP contribution in [0, 0.1) is 23.2 Å². The molecular formula is C15H28N2OS. The third-order valence-electron chi connectivity index (χ3n) is 4.39. The van der Waals surface area contributed by atoms with Gasteiger partial charge in [-0.05, 0) is 37.0 Å². The van der Waals surface area contributed by atoms with E-state index in [0.717, 1.165) is 31.6 Å². The summed E-state index contributed by atoms with van der Waals surface area (Å²) in [5, 5.41) is 2.98. The topological polar surface area (TPSA) is 55.1 Å². The first kappa shape index (κ1) is 16.4. The Bertz CT molecular complexity index is 328. The average molecular weight is 284 g/mol. The van der Waals surface area contributed by atoms with Crippen LogP contribution >= 0.6 is 12.2 Å². The summed E-state index contributed by atoms with van der Waals surface area (Å²) < 4.78 is 0. The highest BCUT2D eigenvalue weighted by Crippen LogP contribution is 2.39. The predicted molar refractivity (Wildman–Crippen MR) is 83.9 cm³/mol. The lowest BCUT2D eigenvalue weighted by atomic mass is 9.69. The maximum Gasteiger partial charge on any atom is 0.223 e. The van der Waals surface area contributed by atoms with Crippen molar-refractivity contribution in [1.82, 2.24) is 5.32 Å². The van der Waals surface area contributed by atoms with E-state index in [0.29, 0.717) is 16.9 Å². The molecule has 3 N–H and O–H groups in total. The molecular weight excluding hydrogens is 256 g/mol. The van der Waals surface area contributed by atoms with E-state index >= 15 is 0 Å². The summed E-state index contributed by atoms with van der Waals surface area (Å²) >= 11 is 4.91. The third-order valence-corrected chi connectivity index (χ3v) is 4.79. The van der Waals surface area contributed by atoms with Gasteiger partial charge in [-0.15, -0.1) is 0 Å². The molecule has 1 unspecified atom stereocenters. The van der Waals surface area contributed by atoms with Gasteiger partial charge < -0.3 is 11.1 Å². The molecule has 0 aromatic rings. The Morgan fingerprint density at radius 3 is 2.26 bits per heavy atom. The van der Waals surface area contributed by atoms with E-state index in [1.807, 2.05) is 6.92 Å². The minimum atomic E-state index is 0.0739. The van der Waals surface area contributed by atoms with Gasteiger partial charge in [0.2, 0.25) is 5.91 Å². The monoisotopic (exact) mass is 284 g/mol. The van der Waals surface area contributed by atoms with Crippen LogP contribution in [0.1, 0.15) is 53.4 Å². The van der Waals surface area contributed by atoms with Crippen LogP contribution < -0.4 is 11.1 Å². The number of nitrogens with two attached hydrogens (primary N) is 1. The molecule has 1 rings (SSSR count). The van der Waals surface area contributed by atoms with E-state index in [9.17, 15) is 4.79 Å². The van der Waals surface area contributed by atoms with Crippen LogP contribution in [0.5, 0.6) is 0 Å². The highest BCUT2D eigenvalue weighted by molar-refractivity contribution is 7.80. The van der Waals surface area contributed by atoms with Gasteiger partial charge in [0.1, 0.15) is 0 Å². The van der Waals surface area contributed by atoms with Crippen LogP contribution in [-0.4, -0.2) is 17.4 Å². The number of hydrogen-bond donors (Lipinski definition) is 2. The minimum Gasteiger partial charge on any atom is -0.393 e. The fourth-order valence-electron chi connectivity index (χ4n) is 2.72. The Kier molecular flexibility index (Phi) is 5.78. The molecule has 0 radical (unpaired) electrons. The lowest BCUT2D eigenvalue weighted by Gasteiger charge is -2.36. The van der Waals surface area contributed by atoms with Crippen LogP contribution in [0.2, 0.25) is 0 Å². The Labute approximate surface area is 122 Å². The normalized spacial score (nSPS) is 25.7. The van der Waals surface area contributed by atoms with Gasteiger partial charge in [-0.25, -0.2) is 0 Å². The van der Waals surface area contributed by atoms with E-state index in [-0.39, 0.29) is 17.7 Å². The van der Waals surface area contributed by atoms with Gasteiger partial charge in [0.15, 0.2) is 0 Å². The molecule has 19 heavy (non-hydrogen) atoms. The summed E-state index contributed by atoms with van der Waals surface area (Å²) in [4.78, 5) is 12.6. The molecule has 0 saturated heterocycles. The second-order valence-electron chi connectivity index (χ2n) is 6.96. The van der Waals surface area contributed by atoms with Gasteiger partial charge in [-0.3, -0.25) is 4.79 Å². The zero-order valence-electron chi connectivity index (χ0n) is 12.7. The maximum absolute atomic E-state index is 12.1. The standard InChI is InChI=1S/C15H28N2OS/c1-10(13(16)19)9-17-14(18)11-5-7-12(8-6-11)15(2,3)4/h10-12H,5-9H2,1-4H3,(H2,16,19)(H,17,18). The second-order valence-corrected chi connectivity index (χ2v) is 7.43. The van der Waals surface area contributed by atoms with Gasteiger partial charge in [0.25, 0.3) is 0 Å². The number of thiocarbonyl (C=S) groups is 1. The number of hydrogen-bond acceptors (Lipinski definition) is 2. The van der Waals surface area contributed by atoms with Crippen molar-refractivity contribution in [2.75, 3.05) is 6.54 Å². The molecule has 1 fully saturated rings. The molecule has 1 amide bonds. The molecule has 1 atom stereocenters. The summed E-state index contributed by atoms with van der Waals surface area (Å²) in [6.07, 6.45) is 4.34. The number of rotatable bonds is 4. The zero-order valence-corrected chi connectivity index (χ0v) is 13.5. The highest BCUT2D eigenvalue weighted by atomic mass is 32.1. The Balaban J connectivity index is 2.35. The van der Waals surface area contributed by atoms with Crippen LogP contribution in [0.15, 0.2) is 0 Å². The number of carbonyl (C=O) groups is 1. The molecule has 1 saturated carbocycles. The summed E-state index contributed by atoms with van der Waals surface area (Å²) in [5.74, 6) is 1.17. The molecule has 0 aromatic heterocycles. The van der Waals surface area contributed by atoms with Crippen molar-refractivity contribution in [3.8, 4) is 0 Å². The first-order valence-corrected chi connectivity index (χ1v) is 7.69. The minimum absolute atomic E-state index is 0.0739. The second kappa shape index (κ2) is 6.69. The molecule has 3 nitrogen and oxygen atoms in total. The van der Waals surface area contributed by atoms with Crippen LogP contribution in [0.4, 0.5) is 0 Å². The van der Waals surface area contributed by atoms with Gasteiger partial charge in [0.05, 0.1) is 4.99 Å².